The molecule has 0 unspecified atom stereocenters. The van der Waals surface area contributed by atoms with Crippen molar-refractivity contribution in [1.29, 1.82) is 0 Å². The molecule has 0 radical (unpaired) electrons. The molecule has 138 valence electrons. The van der Waals surface area contributed by atoms with Crippen molar-refractivity contribution in [3.05, 3.63) is 115 Å². The van der Waals surface area contributed by atoms with Crippen LogP contribution in [0.2, 0.25) is 0 Å². The van der Waals surface area contributed by atoms with Gasteiger partial charge in [0.25, 0.3) is 0 Å². The van der Waals surface area contributed by atoms with Gasteiger partial charge < -0.3 is 4.74 Å². The maximum atomic E-state index is 13.4. The number of para-hydroxylation sites is 1. The first-order valence-corrected chi connectivity index (χ1v) is 10.00. The van der Waals surface area contributed by atoms with E-state index in [2.05, 4.69) is 0 Å². The molecular weight excluding hydrogens is 374 g/mol. The van der Waals surface area contributed by atoms with Gasteiger partial charge >= 0.3 is 0 Å². The highest BCUT2D eigenvalue weighted by Gasteiger charge is 2.28. The normalized spacial score (nSPS) is 10.8. The van der Waals surface area contributed by atoms with E-state index >= 15 is 0 Å². The van der Waals surface area contributed by atoms with E-state index < -0.39 is 10.9 Å². The number of halogens is 2. The zero-order valence-electron chi connectivity index (χ0n) is 14.9. The summed E-state index contributed by atoms with van der Waals surface area (Å²) in [6.45, 7) is 0. The summed E-state index contributed by atoms with van der Waals surface area (Å²) in [5.74, 6) is 0.944. The molecule has 0 atom stereocenters. The Morgan fingerprint density at radius 1 is 0.464 bits per heavy atom. The maximum Gasteiger partial charge on any atom is 0.166 e. The predicted molar refractivity (Wildman–Crippen MR) is 108 cm³/mol. The molecule has 0 amide bonds. The van der Waals surface area contributed by atoms with Crippen molar-refractivity contribution in [3.63, 3.8) is 0 Å². The Morgan fingerprint density at radius 3 is 1.32 bits per heavy atom. The van der Waals surface area contributed by atoms with Crippen LogP contribution in [0.3, 0.4) is 0 Å². The van der Waals surface area contributed by atoms with Crippen LogP contribution in [0, 0.1) is 11.6 Å². The average molecular weight is 391 g/mol. The van der Waals surface area contributed by atoms with Crippen LogP contribution in [-0.2, 0) is 10.9 Å². The molecule has 28 heavy (non-hydrogen) atoms. The minimum atomic E-state index is -0.475. The van der Waals surface area contributed by atoms with Crippen LogP contribution in [0.25, 0.3) is 0 Å². The molecule has 0 saturated heterocycles. The molecule has 1 nitrogen and oxygen atoms in total. The second kappa shape index (κ2) is 8.28. The van der Waals surface area contributed by atoms with Crippen LogP contribution >= 0.6 is 0 Å². The minimum Gasteiger partial charge on any atom is -0.457 e. The fraction of sp³-hybridized carbons (Fsp3) is 0. The average Bonchev–Trinajstić information content (AvgIpc) is 2.73. The van der Waals surface area contributed by atoms with E-state index in [9.17, 15) is 8.78 Å². The molecule has 0 N–H and O–H groups in total. The highest BCUT2D eigenvalue weighted by Crippen LogP contribution is 2.33. The van der Waals surface area contributed by atoms with Crippen LogP contribution in [-0.4, -0.2) is 0 Å². The molecule has 0 saturated carbocycles. The van der Waals surface area contributed by atoms with Crippen LogP contribution in [0.4, 0.5) is 8.78 Å². The summed E-state index contributed by atoms with van der Waals surface area (Å²) in [5.41, 5.74) is 0. The fourth-order valence-corrected chi connectivity index (χ4v) is 4.86. The first-order chi connectivity index (χ1) is 13.7. The van der Waals surface area contributed by atoms with Gasteiger partial charge in [0.15, 0.2) is 14.7 Å². The third-order valence-electron chi connectivity index (χ3n) is 4.14. The molecule has 0 heterocycles. The third-order valence-corrected chi connectivity index (χ3v) is 6.37. The van der Waals surface area contributed by atoms with Crippen molar-refractivity contribution in [2.75, 3.05) is 0 Å². The molecule has 0 aliphatic carbocycles. The quantitative estimate of drug-likeness (QED) is 0.338. The van der Waals surface area contributed by atoms with E-state index in [0.717, 1.165) is 26.2 Å². The zero-order chi connectivity index (χ0) is 19.3. The van der Waals surface area contributed by atoms with Crippen LogP contribution in [0.1, 0.15) is 0 Å². The van der Waals surface area contributed by atoms with Gasteiger partial charge in [-0.3, -0.25) is 0 Å². The van der Waals surface area contributed by atoms with E-state index in [1.54, 1.807) is 24.3 Å². The summed E-state index contributed by atoms with van der Waals surface area (Å²) in [5, 5.41) is 0. The van der Waals surface area contributed by atoms with Crippen molar-refractivity contribution in [2.24, 2.45) is 0 Å². The van der Waals surface area contributed by atoms with Crippen molar-refractivity contribution >= 4 is 10.9 Å². The summed E-state index contributed by atoms with van der Waals surface area (Å²) >= 11 is 0. The summed E-state index contributed by atoms with van der Waals surface area (Å²) in [6.07, 6.45) is 0. The zero-order valence-corrected chi connectivity index (χ0v) is 15.7. The van der Waals surface area contributed by atoms with Gasteiger partial charge in [-0.05, 0) is 84.9 Å². The number of ether oxygens (including phenoxy) is 1. The molecular formula is C24H17F2OS+. The second-order valence-electron chi connectivity index (χ2n) is 6.10. The molecule has 0 spiro atoms. The van der Waals surface area contributed by atoms with Crippen LogP contribution in [0.5, 0.6) is 11.5 Å². The number of benzene rings is 4. The predicted octanol–water partition coefficient (Wildman–Crippen LogP) is 6.85. The second-order valence-corrected chi connectivity index (χ2v) is 8.13. The van der Waals surface area contributed by atoms with E-state index in [1.165, 1.54) is 24.3 Å². The van der Waals surface area contributed by atoms with Gasteiger partial charge in [-0.2, -0.15) is 0 Å². The lowest BCUT2D eigenvalue weighted by molar-refractivity contribution is 0.482. The van der Waals surface area contributed by atoms with Gasteiger partial charge in [-0.25, -0.2) is 8.78 Å². The Kier molecular flexibility index (Phi) is 5.40. The lowest BCUT2D eigenvalue weighted by Gasteiger charge is -2.09. The van der Waals surface area contributed by atoms with Gasteiger partial charge in [-0.1, -0.05) is 18.2 Å². The molecule has 4 aromatic rings. The van der Waals surface area contributed by atoms with Gasteiger partial charge in [0.1, 0.15) is 23.1 Å². The van der Waals surface area contributed by atoms with Gasteiger partial charge in [-0.15, -0.1) is 0 Å². The molecule has 4 heteroatoms. The Bertz CT molecular complexity index is 985. The van der Waals surface area contributed by atoms with Crippen molar-refractivity contribution < 1.29 is 13.5 Å². The molecule has 0 aliphatic heterocycles. The van der Waals surface area contributed by atoms with Crippen LogP contribution < -0.4 is 4.74 Å². The highest BCUT2D eigenvalue weighted by atomic mass is 32.2. The number of rotatable bonds is 5. The van der Waals surface area contributed by atoms with E-state index in [0.29, 0.717) is 0 Å². The Morgan fingerprint density at radius 2 is 0.857 bits per heavy atom. The molecule has 4 aromatic carbocycles. The summed E-state index contributed by atoms with van der Waals surface area (Å²) in [6, 6.07) is 30.3. The first-order valence-electron chi connectivity index (χ1n) is 8.77. The number of hydrogen-bond acceptors (Lipinski definition) is 1. The number of hydrogen-bond donors (Lipinski definition) is 0. The van der Waals surface area contributed by atoms with E-state index in [-0.39, 0.29) is 11.6 Å². The standard InChI is InChI=1S/C24H17F2OS/c25-18-6-12-22(13-7-18)28(23-14-8-19(26)9-15-23)24-16-10-21(11-17-24)27-20-4-2-1-3-5-20/h1-17H/q+1. The maximum absolute atomic E-state index is 13.4. The topological polar surface area (TPSA) is 9.23 Å². The van der Waals surface area contributed by atoms with Crippen molar-refractivity contribution in [3.8, 4) is 11.5 Å². The first kappa shape index (κ1) is 18.3. The minimum absolute atomic E-state index is 0.280. The molecule has 0 bridgehead atoms. The molecule has 0 aromatic heterocycles. The smallest absolute Gasteiger partial charge is 0.166 e. The lowest BCUT2D eigenvalue weighted by Crippen LogP contribution is -2.05. The van der Waals surface area contributed by atoms with E-state index in [1.807, 2.05) is 54.6 Å². The fourth-order valence-electron chi connectivity index (χ4n) is 2.82. The third kappa shape index (κ3) is 4.24. The molecule has 0 aliphatic rings. The van der Waals surface area contributed by atoms with E-state index in [4.69, 9.17) is 4.74 Å². The Labute approximate surface area is 165 Å². The SMILES string of the molecule is Fc1ccc([S+](c2ccc(F)cc2)c2ccc(Oc3ccccc3)cc2)cc1. The highest BCUT2D eigenvalue weighted by molar-refractivity contribution is 7.97. The van der Waals surface area contributed by atoms with Gasteiger partial charge in [0.2, 0.25) is 0 Å². The van der Waals surface area contributed by atoms with Crippen molar-refractivity contribution in [2.45, 2.75) is 14.7 Å². The van der Waals surface area contributed by atoms with Crippen LogP contribution in [0.15, 0.2) is 118 Å². The Balaban J connectivity index is 1.68. The summed E-state index contributed by atoms with van der Waals surface area (Å²) in [4.78, 5) is 2.97. The Hall–Kier alpha value is -3.11. The lowest BCUT2D eigenvalue weighted by atomic mass is 10.3. The molecule has 4 rings (SSSR count). The summed E-state index contributed by atoms with van der Waals surface area (Å²) < 4.78 is 32.7. The van der Waals surface area contributed by atoms with Crippen molar-refractivity contribution in [1.82, 2.24) is 0 Å². The van der Waals surface area contributed by atoms with Gasteiger partial charge in [0, 0.05) is 0 Å². The summed E-state index contributed by atoms with van der Waals surface area (Å²) in [7, 11) is -0.475. The largest absolute Gasteiger partial charge is 0.457 e. The van der Waals surface area contributed by atoms with Gasteiger partial charge in [0.05, 0.1) is 10.9 Å². The molecule has 0 fully saturated rings. The monoisotopic (exact) mass is 391 g/mol.